The van der Waals surface area contributed by atoms with Crippen molar-refractivity contribution in [3.05, 3.63) is 42.5 Å². The lowest BCUT2D eigenvalue weighted by Gasteiger charge is -2.35. The van der Waals surface area contributed by atoms with Crippen LogP contribution in [-0.4, -0.2) is 61.2 Å². The van der Waals surface area contributed by atoms with Crippen molar-refractivity contribution in [2.45, 2.75) is 69.0 Å². The van der Waals surface area contributed by atoms with Crippen molar-refractivity contribution in [2.75, 3.05) is 13.1 Å². The number of rotatable bonds is 6. The van der Waals surface area contributed by atoms with Gasteiger partial charge in [-0.05, 0) is 61.9 Å². The van der Waals surface area contributed by atoms with E-state index in [1.165, 1.54) is 4.90 Å². The molecule has 0 aromatic heterocycles. The van der Waals surface area contributed by atoms with Crippen LogP contribution in [0.2, 0.25) is 0 Å². The van der Waals surface area contributed by atoms with E-state index in [1.807, 2.05) is 36.1 Å². The first-order chi connectivity index (χ1) is 15.3. The molecule has 0 spiro atoms. The summed E-state index contributed by atoms with van der Waals surface area (Å²) in [7, 11) is -3.87. The fourth-order valence-corrected chi connectivity index (χ4v) is 6.22. The molecule has 7 nitrogen and oxygen atoms in total. The molecule has 2 aliphatic heterocycles. The van der Waals surface area contributed by atoms with E-state index in [0.717, 1.165) is 30.0 Å². The number of nitrogens with one attached hydrogen (secondary N) is 1. The number of hydrogen-bond acceptors (Lipinski definition) is 4. The van der Waals surface area contributed by atoms with Crippen LogP contribution in [0.25, 0.3) is 10.8 Å². The Morgan fingerprint density at radius 2 is 1.84 bits per heavy atom. The van der Waals surface area contributed by atoms with Crippen molar-refractivity contribution in [2.24, 2.45) is 0 Å². The molecule has 2 fully saturated rings. The summed E-state index contributed by atoms with van der Waals surface area (Å²) < 4.78 is 28.6. The van der Waals surface area contributed by atoms with Crippen LogP contribution in [0.15, 0.2) is 47.4 Å². The van der Waals surface area contributed by atoms with Gasteiger partial charge in [0.05, 0.1) is 11.4 Å². The molecule has 8 heteroatoms. The molecule has 0 bridgehead atoms. The number of fused-ring (bicyclic) bond motifs is 1. The van der Waals surface area contributed by atoms with Crippen LogP contribution < -0.4 is 4.72 Å². The number of hydrogen-bond donors (Lipinski definition) is 1. The van der Waals surface area contributed by atoms with Gasteiger partial charge in [-0.1, -0.05) is 37.3 Å². The summed E-state index contributed by atoms with van der Waals surface area (Å²) in [5, 5.41) is 1.77. The first-order valence-electron chi connectivity index (χ1n) is 11.4. The summed E-state index contributed by atoms with van der Waals surface area (Å²) in [6, 6.07) is 12.0. The molecule has 2 heterocycles. The van der Waals surface area contributed by atoms with Crippen molar-refractivity contribution in [3.8, 4) is 0 Å². The lowest BCUT2D eigenvalue weighted by molar-refractivity contribution is -0.144. The number of amides is 2. The van der Waals surface area contributed by atoms with Crippen LogP contribution in [0.3, 0.4) is 0 Å². The SMILES string of the molecule is CCC1CCC(C)N1C(=O)CN1CCC[C@H](NS(=O)(=O)c2ccc3ccccc3c2)C1=O. The van der Waals surface area contributed by atoms with Crippen molar-refractivity contribution >= 4 is 32.6 Å². The Bertz CT molecular complexity index is 1120. The Morgan fingerprint density at radius 3 is 2.59 bits per heavy atom. The zero-order chi connectivity index (χ0) is 22.9. The van der Waals surface area contributed by atoms with E-state index < -0.39 is 16.1 Å². The molecular weight excluding hydrogens is 426 g/mol. The van der Waals surface area contributed by atoms with Crippen molar-refractivity contribution in [1.29, 1.82) is 0 Å². The molecule has 0 radical (unpaired) electrons. The molecule has 32 heavy (non-hydrogen) atoms. The zero-order valence-electron chi connectivity index (χ0n) is 18.7. The highest BCUT2D eigenvalue weighted by Crippen LogP contribution is 2.27. The quantitative estimate of drug-likeness (QED) is 0.723. The van der Waals surface area contributed by atoms with Gasteiger partial charge >= 0.3 is 0 Å². The third-order valence-electron chi connectivity index (χ3n) is 6.73. The first-order valence-corrected chi connectivity index (χ1v) is 12.9. The molecule has 2 aromatic rings. The Labute approximate surface area is 189 Å². The van der Waals surface area contributed by atoms with Crippen molar-refractivity contribution < 1.29 is 18.0 Å². The van der Waals surface area contributed by atoms with E-state index in [2.05, 4.69) is 11.6 Å². The average Bonchev–Trinajstić information content (AvgIpc) is 3.16. The van der Waals surface area contributed by atoms with Gasteiger partial charge in [-0.25, -0.2) is 8.42 Å². The highest BCUT2D eigenvalue weighted by atomic mass is 32.2. The lowest BCUT2D eigenvalue weighted by atomic mass is 10.1. The molecule has 172 valence electrons. The number of nitrogens with zero attached hydrogens (tertiary/aromatic N) is 2. The highest BCUT2D eigenvalue weighted by molar-refractivity contribution is 7.89. The summed E-state index contributed by atoms with van der Waals surface area (Å²) >= 11 is 0. The zero-order valence-corrected chi connectivity index (χ0v) is 19.5. The monoisotopic (exact) mass is 457 g/mol. The molecule has 1 N–H and O–H groups in total. The molecule has 2 aromatic carbocycles. The second-order valence-electron chi connectivity index (χ2n) is 8.87. The number of carbonyl (C=O) groups excluding carboxylic acids is 2. The van der Waals surface area contributed by atoms with Crippen molar-refractivity contribution in [3.63, 3.8) is 0 Å². The summed E-state index contributed by atoms with van der Waals surface area (Å²) in [6.07, 6.45) is 3.95. The van der Waals surface area contributed by atoms with Crippen LogP contribution in [0.5, 0.6) is 0 Å². The summed E-state index contributed by atoms with van der Waals surface area (Å²) in [5.41, 5.74) is 0. The minimum atomic E-state index is -3.87. The number of carbonyl (C=O) groups is 2. The van der Waals surface area contributed by atoms with Gasteiger partial charge in [0.1, 0.15) is 6.04 Å². The third-order valence-corrected chi connectivity index (χ3v) is 8.20. The average molecular weight is 458 g/mol. The van der Waals surface area contributed by atoms with E-state index in [0.29, 0.717) is 19.4 Å². The van der Waals surface area contributed by atoms with Gasteiger partial charge in [0.25, 0.3) is 0 Å². The van der Waals surface area contributed by atoms with Gasteiger partial charge < -0.3 is 9.80 Å². The third kappa shape index (κ3) is 4.52. The second kappa shape index (κ2) is 9.19. The minimum absolute atomic E-state index is 0.00781. The summed E-state index contributed by atoms with van der Waals surface area (Å²) in [5.74, 6) is -0.373. The fraction of sp³-hybridized carbons (Fsp3) is 0.500. The van der Waals surface area contributed by atoms with E-state index in [9.17, 15) is 18.0 Å². The molecule has 0 saturated carbocycles. The molecular formula is C24H31N3O4S. The van der Waals surface area contributed by atoms with Crippen LogP contribution in [0.1, 0.15) is 46.0 Å². The summed E-state index contributed by atoms with van der Waals surface area (Å²) in [4.78, 5) is 29.6. The van der Waals surface area contributed by atoms with Crippen LogP contribution in [0, 0.1) is 0 Å². The highest BCUT2D eigenvalue weighted by Gasteiger charge is 2.37. The van der Waals surface area contributed by atoms with Gasteiger partial charge in [0, 0.05) is 18.6 Å². The molecule has 3 atom stereocenters. The maximum atomic E-state index is 13.1. The smallest absolute Gasteiger partial charge is 0.242 e. The van der Waals surface area contributed by atoms with Crippen LogP contribution >= 0.6 is 0 Å². The second-order valence-corrected chi connectivity index (χ2v) is 10.6. The Hall–Kier alpha value is -2.45. The normalized spacial score (nSPS) is 24.3. The topological polar surface area (TPSA) is 86.8 Å². The number of likely N-dealkylation sites (tertiary alicyclic amines) is 2. The first kappa shape index (κ1) is 22.7. The maximum absolute atomic E-state index is 13.1. The Balaban J connectivity index is 1.46. The Kier molecular flexibility index (Phi) is 6.53. The predicted octanol–water partition coefficient (Wildman–Crippen LogP) is 2.90. The number of sulfonamides is 1. The maximum Gasteiger partial charge on any atom is 0.242 e. The fourth-order valence-electron chi connectivity index (χ4n) is 4.96. The molecule has 0 aliphatic carbocycles. The van der Waals surface area contributed by atoms with Crippen LogP contribution in [-0.2, 0) is 19.6 Å². The van der Waals surface area contributed by atoms with E-state index in [4.69, 9.17) is 0 Å². The van der Waals surface area contributed by atoms with E-state index in [1.54, 1.807) is 18.2 Å². The molecule has 2 unspecified atom stereocenters. The number of piperidine rings is 1. The van der Waals surface area contributed by atoms with Gasteiger partial charge in [-0.2, -0.15) is 4.72 Å². The van der Waals surface area contributed by atoms with Gasteiger partial charge in [0.15, 0.2) is 0 Å². The van der Waals surface area contributed by atoms with E-state index >= 15 is 0 Å². The van der Waals surface area contributed by atoms with E-state index in [-0.39, 0.29) is 35.3 Å². The van der Waals surface area contributed by atoms with Crippen molar-refractivity contribution in [1.82, 2.24) is 14.5 Å². The van der Waals surface area contributed by atoms with Gasteiger partial charge in [0.2, 0.25) is 21.8 Å². The Morgan fingerprint density at radius 1 is 1.09 bits per heavy atom. The predicted molar refractivity (Wildman–Crippen MR) is 123 cm³/mol. The van der Waals surface area contributed by atoms with Gasteiger partial charge in [-0.15, -0.1) is 0 Å². The van der Waals surface area contributed by atoms with Gasteiger partial charge in [-0.3, -0.25) is 9.59 Å². The molecule has 2 saturated heterocycles. The van der Waals surface area contributed by atoms with Crippen LogP contribution in [0.4, 0.5) is 0 Å². The standard InChI is InChI=1S/C24H31N3O4S/c1-3-20-12-10-17(2)27(20)23(28)16-26-14-6-9-22(24(26)29)25-32(30,31)21-13-11-18-7-4-5-8-19(18)15-21/h4-5,7-8,11,13,15,17,20,22,25H,3,6,9-10,12,14,16H2,1-2H3/t17?,20?,22-/m0/s1. The number of benzene rings is 2. The molecule has 2 aliphatic rings. The molecule has 2 amide bonds. The molecule has 4 rings (SSSR count). The summed E-state index contributed by atoms with van der Waals surface area (Å²) in [6.45, 7) is 4.60. The largest absolute Gasteiger partial charge is 0.335 e. The minimum Gasteiger partial charge on any atom is -0.335 e. The lowest BCUT2D eigenvalue weighted by Crippen LogP contribution is -2.55.